The summed E-state index contributed by atoms with van der Waals surface area (Å²) in [4.78, 5) is 0. The van der Waals surface area contributed by atoms with Gasteiger partial charge in [-0.15, -0.1) is 0 Å². The van der Waals surface area contributed by atoms with Gasteiger partial charge in [-0.3, -0.25) is 0 Å². The first-order valence-electron chi connectivity index (χ1n) is 6.97. The van der Waals surface area contributed by atoms with E-state index in [-0.39, 0.29) is 0 Å². The Kier molecular flexibility index (Phi) is 3.03. The van der Waals surface area contributed by atoms with Gasteiger partial charge < -0.3 is 4.43 Å². The standard InChI is InChI=1S/C14H28OSi/c1-13(2,3)16(4,5)15-14-10-6-8-12(14)9-7-11-14/h12H,6-11H2,1-5H3. The van der Waals surface area contributed by atoms with Crippen LogP contribution in [0.4, 0.5) is 0 Å². The quantitative estimate of drug-likeness (QED) is 0.634. The molecule has 2 rings (SSSR count). The summed E-state index contributed by atoms with van der Waals surface area (Å²) in [6, 6.07) is 0. The highest BCUT2D eigenvalue weighted by molar-refractivity contribution is 6.74. The van der Waals surface area contributed by atoms with Gasteiger partial charge in [-0.2, -0.15) is 0 Å². The van der Waals surface area contributed by atoms with Crippen LogP contribution in [0.3, 0.4) is 0 Å². The molecule has 0 atom stereocenters. The van der Waals surface area contributed by atoms with E-state index < -0.39 is 8.32 Å². The van der Waals surface area contributed by atoms with E-state index in [0.717, 1.165) is 5.92 Å². The minimum Gasteiger partial charge on any atom is -0.411 e. The second-order valence-electron chi connectivity index (χ2n) is 7.41. The first kappa shape index (κ1) is 12.6. The highest BCUT2D eigenvalue weighted by Gasteiger charge is 2.52. The van der Waals surface area contributed by atoms with Crippen LogP contribution in [0.15, 0.2) is 0 Å². The summed E-state index contributed by atoms with van der Waals surface area (Å²) in [6.45, 7) is 11.9. The van der Waals surface area contributed by atoms with Crippen LogP contribution in [-0.4, -0.2) is 13.9 Å². The molecule has 2 fully saturated rings. The molecule has 0 spiro atoms. The van der Waals surface area contributed by atoms with Crippen molar-refractivity contribution in [1.29, 1.82) is 0 Å². The Balaban J connectivity index is 2.14. The molecule has 2 saturated carbocycles. The van der Waals surface area contributed by atoms with Crippen molar-refractivity contribution >= 4 is 8.32 Å². The van der Waals surface area contributed by atoms with E-state index in [9.17, 15) is 0 Å². The Labute approximate surface area is 102 Å². The van der Waals surface area contributed by atoms with Crippen LogP contribution in [0.2, 0.25) is 18.1 Å². The molecule has 0 aromatic carbocycles. The summed E-state index contributed by atoms with van der Waals surface area (Å²) in [5, 5.41) is 0.359. The summed E-state index contributed by atoms with van der Waals surface area (Å²) in [5.74, 6) is 0.890. The smallest absolute Gasteiger partial charge is 0.192 e. The summed E-state index contributed by atoms with van der Waals surface area (Å²) >= 11 is 0. The maximum absolute atomic E-state index is 6.81. The van der Waals surface area contributed by atoms with Gasteiger partial charge in [-0.05, 0) is 49.7 Å². The monoisotopic (exact) mass is 240 g/mol. The van der Waals surface area contributed by atoms with Crippen molar-refractivity contribution in [3.63, 3.8) is 0 Å². The summed E-state index contributed by atoms with van der Waals surface area (Å²) < 4.78 is 6.81. The van der Waals surface area contributed by atoms with Gasteiger partial charge in [0.1, 0.15) is 0 Å². The average Bonchev–Trinajstić information content (AvgIpc) is 2.58. The lowest BCUT2D eigenvalue weighted by atomic mass is 9.95. The number of hydrogen-bond acceptors (Lipinski definition) is 1. The van der Waals surface area contributed by atoms with Gasteiger partial charge in [0.05, 0.1) is 5.60 Å². The van der Waals surface area contributed by atoms with Gasteiger partial charge in [0.25, 0.3) is 0 Å². The van der Waals surface area contributed by atoms with Gasteiger partial charge >= 0.3 is 0 Å². The summed E-state index contributed by atoms with van der Waals surface area (Å²) in [7, 11) is -1.57. The van der Waals surface area contributed by atoms with Crippen molar-refractivity contribution < 1.29 is 4.43 Å². The average molecular weight is 240 g/mol. The van der Waals surface area contributed by atoms with Crippen LogP contribution in [-0.2, 0) is 4.43 Å². The second kappa shape index (κ2) is 3.84. The van der Waals surface area contributed by atoms with Crippen LogP contribution in [0.1, 0.15) is 59.3 Å². The molecule has 94 valence electrons. The maximum atomic E-state index is 6.81. The maximum Gasteiger partial charge on any atom is 0.192 e. The molecular weight excluding hydrogens is 212 g/mol. The van der Waals surface area contributed by atoms with Crippen LogP contribution in [0.5, 0.6) is 0 Å². The fourth-order valence-electron chi connectivity index (χ4n) is 3.35. The van der Waals surface area contributed by atoms with Crippen molar-refractivity contribution in [2.45, 2.75) is 83.0 Å². The number of hydrogen-bond donors (Lipinski definition) is 0. The fraction of sp³-hybridized carbons (Fsp3) is 1.00. The molecule has 1 nitrogen and oxygen atoms in total. The molecule has 2 aliphatic rings. The minimum atomic E-state index is -1.57. The van der Waals surface area contributed by atoms with Crippen molar-refractivity contribution in [1.82, 2.24) is 0 Å². The molecule has 0 aromatic heterocycles. The SMILES string of the molecule is CC(C)(C)[Si](C)(C)OC12CCCC1CCC2. The minimum absolute atomic E-state index is 0.309. The molecule has 0 aliphatic heterocycles. The van der Waals surface area contributed by atoms with Gasteiger partial charge in [-0.25, -0.2) is 0 Å². The molecule has 16 heavy (non-hydrogen) atoms. The number of fused-ring (bicyclic) bond motifs is 1. The van der Waals surface area contributed by atoms with Gasteiger partial charge in [0, 0.05) is 0 Å². The molecule has 0 saturated heterocycles. The highest BCUT2D eigenvalue weighted by Crippen LogP contribution is 2.53. The Morgan fingerprint density at radius 2 is 1.56 bits per heavy atom. The predicted octanol–water partition coefficient (Wildman–Crippen LogP) is 4.73. The van der Waals surface area contributed by atoms with E-state index in [1.54, 1.807) is 0 Å². The first-order chi connectivity index (χ1) is 7.27. The van der Waals surface area contributed by atoms with E-state index in [1.807, 2.05) is 0 Å². The van der Waals surface area contributed by atoms with Crippen molar-refractivity contribution in [3.8, 4) is 0 Å². The van der Waals surface area contributed by atoms with Gasteiger partial charge in [0.15, 0.2) is 8.32 Å². The molecule has 0 N–H and O–H groups in total. The van der Waals surface area contributed by atoms with E-state index >= 15 is 0 Å². The van der Waals surface area contributed by atoms with Crippen LogP contribution < -0.4 is 0 Å². The zero-order chi connectivity index (χ0) is 12.0. The predicted molar refractivity (Wildman–Crippen MR) is 72.2 cm³/mol. The van der Waals surface area contributed by atoms with Crippen LogP contribution >= 0.6 is 0 Å². The molecule has 0 amide bonds. The molecule has 0 aromatic rings. The molecule has 0 bridgehead atoms. The van der Waals surface area contributed by atoms with E-state index in [0.29, 0.717) is 10.6 Å². The third-order valence-electron chi connectivity index (χ3n) is 5.31. The Hall–Kier alpha value is 0.177. The molecule has 0 radical (unpaired) electrons. The third-order valence-corrected chi connectivity index (χ3v) is 9.84. The van der Waals surface area contributed by atoms with E-state index in [1.165, 1.54) is 38.5 Å². The largest absolute Gasteiger partial charge is 0.411 e. The van der Waals surface area contributed by atoms with Crippen molar-refractivity contribution in [2.75, 3.05) is 0 Å². The topological polar surface area (TPSA) is 9.23 Å². The Bertz CT molecular complexity index is 254. The van der Waals surface area contributed by atoms with Crippen molar-refractivity contribution in [2.24, 2.45) is 5.92 Å². The molecule has 0 unspecified atom stereocenters. The molecule has 2 aliphatic carbocycles. The highest BCUT2D eigenvalue weighted by atomic mass is 28.4. The Morgan fingerprint density at radius 1 is 1.06 bits per heavy atom. The normalized spacial score (nSPS) is 35.4. The van der Waals surface area contributed by atoms with Crippen molar-refractivity contribution in [3.05, 3.63) is 0 Å². The molecule has 0 heterocycles. The lowest BCUT2D eigenvalue weighted by Gasteiger charge is -2.44. The third kappa shape index (κ3) is 1.99. The Morgan fingerprint density at radius 3 is 2.00 bits per heavy atom. The second-order valence-corrected chi connectivity index (χ2v) is 12.1. The summed E-state index contributed by atoms with van der Waals surface area (Å²) in [5.41, 5.74) is 0.309. The van der Waals surface area contributed by atoms with Gasteiger partial charge in [0.2, 0.25) is 0 Å². The lowest BCUT2D eigenvalue weighted by molar-refractivity contribution is 0.0361. The van der Waals surface area contributed by atoms with E-state index in [2.05, 4.69) is 33.9 Å². The summed E-state index contributed by atoms with van der Waals surface area (Å²) in [6.07, 6.45) is 8.33. The first-order valence-corrected chi connectivity index (χ1v) is 9.88. The zero-order valence-corrected chi connectivity index (χ0v) is 12.7. The fourth-order valence-corrected chi connectivity index (χ4v) is 5.04. The van der Waals surface area contributed by atoms with Gasteiger partial charge in [-0.1, -0.05) is 33.6 Å². The number of rotatable bonds is 2. The molecule has 2 heteroatoms. The molecular formula is C14H28OSi. The zero-order valence-electron chi connectivity index (χ0n) is 11.7. The van der Waals surface area contributed by atoms with Crippen LogP contribution in [0, 0.1) is 5.92 Å². The van der Waals surface area contributed by atoms with E-state index in [4.69, 9.17) is 4.43 Å². The van der Waals surface area contributed by atoms with Crippen LogP contribution in [0.25, 0.3) is 0 Å². The lowest BCUT2D eigenvalue weighted by Crippen LogP contribution is -2.49.